The zero-order chi connectivity index (χ0) is 18.6. The van der Waals surface area contributed by atoms with Gasteiger partial charge in [-0.1, -0.05) is 24.3 Å². The van der Waals surface area contributed by atoms with Crippen LogP contribution in [0.15, 0.2) is 36.4 Å². The molecule has 0 aliphatic rings. The lowest BCUT2D eigenvalue weighted by atomic mass is 9.95. The minimum atomic E-state index is -3.72. The van der Waals surface area contributed by atoms with E-state index in [-0.39, 0.29) is 13.2 Å². The van der Waals surface area contributed by atoms with E-state index >= 15 is 0 Å². The number of carbonyl (C=O) groups excluding carboxylic acids is 1. The average molecular weight is 360 g/mol. The van der Waals surface area contributed by atoms with E-state index in [1.807, 2.05) is 39.8 Å². The first kappa shape index (κ1) is 19.6. The molecule has 1 unspecified atom stereocenters. The van der Waals surface area contributed by atoms with Crippen molar-refractivity contribution < 1.29 is 18.6 Å². The predicted molar refractivity (Wildman–Crippen MR) is 101 cm³/mol. The van der Waals surface area contributed by atoms with Crippen LogP contribution in [0.2, 0.25) is 0 Å². The highest BCUT2D eigenvalue weighted by molar-refractivity contribution is 7.83. The Morgan fingerprint density at radius 1 is 0.960 bits per heavy atom. The summed E-state index contributed by atoms with van der Waals surface area (Å²) < 4.78 is 24.3. The van der Waals surface area contributed by atoms with E-state index in [0.29, 0.717) is 10.9 Å². The molecule has 0 radical (unpaired) electrons. The van der Waals surface area contributed by atoms with Crippen molar-refractivity contribution in [3.05, 3.63) is 64.2 Å². The summed E-state index contributed by atoms with van der Waals surface area (Å²) in [6.45, 7) is 8.12. The normalized spacial score (nSPS) is 13.5. The van der Waals surface area contributed by atoms with Crippen molar-refractivity contribution in [3.63, 3.8) is 0 Å². The largest absolute Gasteiger partial charge is 0.382 e. The number of ether oxygens (including phenoxy) is 1. The Morgan fingerprint density at radius 3 is 2.20 bits per heavy atom. The van der Waals surface area contributed by atoms with E-state index in [1.165, 1.54) is 7.11 Å². The Balaban J connectivity index is 2.58. The van der Waals surface area contributed by atoms with E-state index in [0.717, 1.165) is 22.3 Å². The van der Waals surface area contributed by atoms with E-state index in [9.17, 15) is 9.36 Å². The first-order valence-electron chi connectivity index (χ1n) is 8.24. The number of hydrogen-bond acceptors (Lipinski definition) is 4. The summed E-state index contributed by atoms with van der Waals surface area (Å²) in [4.78, 5) is 13.3. The molecule has 0 amide bonds. The van der Waals surface area contributed by atoms with Gasteiger partial charge in [0.1, 0.15) is 0 Å². The van der Waals surface area contributed by atoms with E-state index in [2.05, 4.69) is 0 Å². The van der Waals surface area contributed by atoms with Crippen LogP contribution in [0.5, 0.6) is 0 Å². The van der Waals surface area contributed by atoms with Gasteiger partial charge in [-0.2, -0.15) is 0 Å². The van der Waals surface area contributed by atoms with Crippen LogP contribution in [0.25, 0.3) is 0 Å². The zero-order valence-corrected chi connectivity index (χ0v) is 16.4. The molecule has 0 aliphatic carbocycles. The van der Waals surface area contributed by atoms with Crippen molar-refractivity contribution >= 4 is 18.2 Å². The molecule has 2 aromatic carbocycles. The SMILES string of the molecule is COCCOP(=O)(C(=O)c1c(C)cc(C)c(C)c1C)c1ccccc1. The standard InChI is InChI=1S/C20H25O4P/c1-14-13-15(2)19(17(4)16(14)3)20(21)25(22,24-12-11-23-5)18-9-7-6-8-10-18/h6-10,13H,11-12H2,1-5H3. The van der Waals surface area contributed by atoms with Gasteiger partial charge in [0, 0.05) is 18.0 Å². The lowest BCUT2D eigenvalue weighted by Gasteiger charge is -2.21. The minimum absolute atomic E-state index is 0.0946. The molecule has 2 rings (SSSR count). The third-order valence-electron chi connectivity index (χ3n) is 4.49. The summed E-state index contributed by atoms with van der Waals surface area (Å²) >= 11 is 0. The summed E-state index contributed by atoms with van der Waals surface area (Å²) in [6, 6.07) is 10.7. The highest BCUT2D eigenvalue weighted by atomic mass is 31.2. The summed E-state index contributed by atoms with van der Waals surface area (Å²) in [5.41, 5.74) is 3.86. The molecule has 5 heteroatoms. The topological polar surface area (TPSA) is 52.6 Å². The predicted octanol–water partition coefficient (Wildman–Crippen LogP) is 4.33. The van der Waals surface area contributed by atoms with Gasteiger partial charge in [0.2, 0.25) is 0 Å². The van der Waals surface area contributed by atoms with Crippen molar-refractivity contribution in [1.82, 2.24) is 0 Å². The molecule has 0 spiro atoms. The number of hydrogen-bond donors (Lipinski definition) is 0. The highest BCUT2D eigenvalue weighted by Gasteiger charge is 2.38. The van der Waals surface area contributed by atoms with Gasteiger partial charge in [-0.15, -0.1) is 0 Å². The fourth-order valence-corrected chi connectivity index (χ4v) is 4.92. The quantitative estimate of drug-likeness (QED) is 0.545. The van der Waals surface area contributed by atoms with E-state index in [1.54, 1.807) is 24.3 Å². The van der Waals surface area contributed by atoms with Crippen LogP contribution < -0.4 is 5.30 Å². The number of aryl methyl sites for hydroxylation is 2. The molecule has 0 N–H and O–H groups in total. The number of carbonyl (C=O) groups is 1. The highest BCUT2D eigenvalue weighted by Crippen LogP contribution is 2.50. The molecule has 0 heterocycles. The van der Waals surface area contributed by atoms with Gasteiger partial charge in [0.25, 0.3) is 5.52 Å². The van der Waals surface area contributed by atoms with Crippen LogP contribution in [-0.4, -0.2) is 25.8 Å². The lowest BCUT2D eigenvalue weighted by Crippen LogP contribution is -2.19. The molecule has 2 aromatic rings. The molecular weight excluding hydrogens is 335 g/mol. The van der Waals surface area contributed by atoms with Crippen LogP contribution in [0, 0.1) is 27.7 Å². The second-order valence-electron chi connectivity index (χ2n) is 6.15. The number of methoxy groups -OCH3 is 1. The summed E-state index contributed by atoms with van der Waals surface area (Å²) in [6.07, 6.45) is 0. The van der Waals surface area contributed by atoms with E-state index < -0.39 is 12.9 Å². The molecule has 0 saturated carbocycles. The monoisotopic (exact) mass is 360 g/mol. The molecule has 0 fully saturated rings. The van der Waals surface area contributed by atoms with Gasteiger partial charge < -0.3 is 9.26 Å². The van der Waals surface area contributed by atoms with Gasteiger partial charge >= 0.3 is 7.37 Å². The van der Waals surface area contributed by atoms with Crippen LogP contribution in [-0.2, 0) is 13.8 Å². The average Bonchev–Trinajstić information content (AvgIpc) is 2.60. The minimum Gasteiger partial charge on any atom is -0.382 e. The molecule has 0 bridgehead atoms. The van der Waals surface area contributed by atoms with Crippen molar-refractivity contribution in [1.29, 1.82) is 0 Å². The molecule has 0 aromatic heterocycles. The second-order valence-corrected chi connectivity index (χ2v) is 8.44. The first-order chi connectivity index (χ1) is 11.8. The van der Waals surface area contributed by atoms with Crippen LogP contribution in [0.3, 0.4) is 0 Å². The Hall–Kier alpha value is -1.74. The molecule has 1 atom stereocenters. The fourth-order valence-electron chi connectivity index (χ4n) is 2.88. The molecule has 25 heavy (non-hydrogen) atoms. The van der Waals surface area contributed by atoms with Crippen LogP contribution in [0.4, 0.5) is 0 Å². The second kappa shape index (κ2) is 8.09. The van der Waals surface area contributed by atoms with Crippen LogP contribution >= 0.6 is 7.37 Å². The number of rotatable bonds is 7. The fraction of sp³-hybridized carbons (Fsp3) is 0.350. The Kier molecular flexibility index (Phi) is 6.34. The lowest BCUT2D eigenvalue weighted by molar-refractivity contribution is 0.103. The summed E-state index contributed by atoms with van der Waals surface area (Å²) in [5, 5.41) is 0.410. The maximum Gasteiger partial charge on any atom is 0.300 e. The first-order valence-corrected chi connectivity index (χ1v) is 9.86. The van der Waals surface area contributed by atoms with Crippen molar-refractivity contribution in [3.8, 4) is 0 Å². The Labute approximate surface area is 149 Å². The smallest absolute Gasteiger partial charge is 0.300 e. The molecule has 0 saturated heterocycles. The van der Waals surface area contributed by atoms with Crippen molar-refractivity contribution in [2.45, 2.75) is 27.7 Å². The summed E-state index contributed by atoms with van der Waals surface area (Å²) in [7, 11) is -2.18. The molecule has 134 valence electrons. The van der Waals surface area contributed by atoms with Gasteiger partial charge in [0.15, 0.2) is 0 Å². The molecule has 4 nitrogen and oxygen atoms in total. The third kappa shape index (κ3) is 3.92. The van der Waals surface area contributed by atoms with Crippen LogP contribution in [0.1, 0.15) is 32.6 Å². The Morgan fingerprint density at radius 2 is 1.60 bits per heavy atom. The third-order valence-corrected chi connectivity index (χ3v) is 6.78. The zero-order valence-electron chi connectivity index (χ0n) is 15.5. The maximum absolute atomic E-state index is 13.7. The Bertz CT molecular complexity index is 812. The van der Waals surface area contributed by atoms with Gasteiger partial charge in [0.05, 0.1) is 13.2 Å². The molecular formula is C20H25O4P. The van der Waals surface area contributed by atoms with Crippen molar-refractivity contribution in [2.75, 3.05) is 20.3 Å². The van der Waals surface area contributed by atoms with Crippen molar-refractivity contribution in [2.24, 2.45) is 0 Å². The number of benzene rings is 2. The van der Waals surface area contributed by atoms with Gasteiger partial charge in [-0.3, -0.25) is 9.36 Å². The molecule has 0 aliphatic heterocycles. The van der Waals surface area contributed by atoms with Gasteiger partial charge in [-0.25, -0.2) is 0 Å². The van der Waals surface area contributed by atoms with E-state index in [4.69, 9.17) is 9.26 Å². The maximum atomic E-state index is 13.7. The summed E-state index contributed by atoms with van der Waals surface area (Å²) in [5.74, 6) is 0. The van der Waals surface area contributed by atoms with Gasteiger partial charge in [-0.05, 0) is 62.1 Å².